The molecule has 39 heavy (non-hydrogen) atoms. The molecule has 1 heterocycles. The second-order valence-electron chi connectivity index (χ2n) is 10.9. The predicted octanol–water partition coefficient (Wildman–Crippen LogP) is 5.95. The molecule has 1 aliphatic carbocycles. The zero-order valence-electron chi connectivity index (χ0n) is 23.0. The van der Waals surface area contributed by atoms with E-state index in [1.165, 1.54) is 24.3 Å². The van der Waals surface area contributed by atoms with E-state index in [-0.39, 0.29) is 24.8 Å². The van der Waals surface area contributed by atoms with Crippen molar-refractivity contribution in [2.24, 2.45) is 0 Å². The number of amides is 1. The monoisotopic (exact) mass is 527 g/mol. The summed E-state index contributed by atoms with van der Waals surface area (Å²) in [6.07, 6.45) is 1.32. The first kappa shape index (κ1) is 26.8. The first-order valence-corrected chi connectivity index (χ1v) is 13.1. The van der Waals surface area contributed by atoms with Crippen LogP contribution in [0.25, 0.3) is 17.2 Å². The Kier molecular flexibility index (Phi) is 7.18. The van der Waals surface area contributed by atoms with Gasteiger partial charge in [-0.3, -0.25) is 0 Å². The van der Waals surface area contributed by atoms with E-state index in [4.69, 9.17) is 18.8 Å². The summed E-state index contributed by atoms with van der Waals surface area (Å²) in [5, 5.41) is 12.8. The molecule has 0 radical (unpaired) electrons. The lowest BCUT2D eigenvalue weighted by atomic mass is 9.77. The number of carbonyl (C=O) groups excluding carboxylic acids is 1. The van der Waals surface area contributed by atoms with Gasteiger partial charge in [-0.15, -0.1) is 0 Å². The number of rotatable bonds is 7. The number of aromatic hydroxyl groups is 1. The van der Waals surface area contributed by atoms with E-state index in [0.717, 1.165) is 11.1 Å². The molecule has 5 rings (SSSR count). The molecule has 2 aliphatic rings. The molecule has 3 aromatic rings. The van der Waals surface area contributed by atoms with E-state index in [0.29, 0.717) is 16.8 Å². The summed E-state index contributed by atoms with van der Waals surface area (Å²) in [7, 11) is 0.845. The van der Waals surface area contributed by atoms with Gasteiger partial charge in [0.05, 0.1) is 18.3 Å². The Morgan fingerprint density at radius 2 is 1.56 bits per heavy atom. The molecule has 0 aromatic heterocycles. The molecule has 0 atom stereocenters. The minimum absolute atomic E-state index is 0.0254. The lowest BCUT2D eigenvalue weighted by Gasteiger charge is -2.32. The number of hydrogen-bond acceptors (Lipinski definition) is 6. The largest absolute Gasteiger partial charge is 0.508 e. The summed E-state index contributed by atoms with van der Waals surface area (Å²) in [5.74, 6) is 0.561. The molecule has 202 valence electrons. The third-order valence-electron chi connectivity index (χ3n) is 7.89. The first-order valence-electron chi connectivity index (χ1n) is 13.1. The molecule has 1 amide bonds. The maximum absolute atomic E-state index is 12.9. The maximum atomic E-state index is 12.9. The standard InChI is InChI=1S/C31H34BNO6/c1-30(2)31(3,4)39-32(38-30)21(16-20-14-15-22(34)17-28(20)36-5)18-33-29(35)37-19-27-25-12-8-6-10-23(25)24-11-7-9-13-26(24)27/h6-17,27,34H,18-19H2,1-5H3,(H,33,35). The summed E-state index contributed by atoms with van der Waals surface area (Å²) >= 11 is 0. The van der Waals surface area contributed by atoms with E-state index in [1.54, 1.807) is 12.1 Å². The molecule has 2 N–H and O–H groups in total. The van der Waals surface area contributed by atoms with Crippen LogP contribution in [-0.4, -0.2) is 49.8 Å². The van der Waals surface area contributed by atoms with Gasteiger partial charge in [0.25, 0.3) is 0 Å². The molecule has 1 aliphatic heterocycles. The van der Waals surface area contributed by atoms with Gasteiger partial charge in [-0.2, -0.15) is 0 Å². The van der Waals surface area contributed by atoms with E-state index in [1.807, 2.05) is 58.0 Å². The summed E-state index contributed by atoms with van der Waals surface area (Å²) in [6.45, 7) is 8.27. The Bertz CT molecular complexity index is 1350. The fraction of sp³-hybridized carbons (Fsp3) is 0.323. The first-order chi connectivity index (χ1) is 18.6. The maximum Gasteiger partial charge on any atom is 0.492 e. The molecule has 0 saturated carbocycles. The zero-order valence-corrected chi connectivity index (χ0v) is 23.0. The van der Waals surface area contributed by atoms with Crippen molar-refractivity contribution in [3.8, 4) is 22.6 Å². The average Bonchev–Trinajstić information content (AvgIpc) is 3.34. The average molecular weight is 527 g/mol. The molecule has 1 saturated heterocycles. The van der Waals surface area contributed by atoms with Crippen LogP contribution in [0, 0.1) is 0 Å². The highest BCUT2D eigenvalue weighted by molar-refractivity contribution is 6.56. The number of carbonyl (C=O) groups is 1. The van der Waals surface area contributed by atoms with Gasteiger partial charge in [0, 0.05) is 24.1 Å². The van der Waals surface area contributed by atoms with Crippen LogP contribution in [0.1, 0.15) is 50.3 Å². The Labute approximate surface area is 229 Å². The van der Waals surface area contributed by atoms with Crippen LogP contribution < -0.4 is 10.1 Å². The zero-order chi connectivity index (χ0) is 27.8. The van der Waals surface area contributed by atoms with Crippen molar-refractivity contribution in [3.63, 3.8) is 0 Å². The second-order valence-corrected chi connectivity index (χ2v) is 10.9. The number of nitrogens with one attached hydrogen (secondary N) is 1. The van der Waals surface area contributed by atoms with Crippen molar-refractivity contribution in [1.29, 1.82) is 0 Å². The van der Waals surface area contributed by atoms with Crippen LogP contribution in [0.5, 0.6) is 11.5 Å². The number of fused-ring (bicyclic) bond motifs is 3. The Balaban J connectivity index is 1.32. The van der Waals surface area contributed by atoms with Gasteiger partial charge in [-0.05, 0) is 67.6 Å². The van der Waals surface area contributed by atoms with Crippen LogP contribution in [0.3, 0.4) is 0 Å². The Morgan fingerprint density at radius 1 is 0.974 bits per heavy atom. The molecule has 8 heteroatoms. The SMILES string of the molecule is COc1cc(O)ccc1C=C(CNC(=O)OCC1c2ccccc2-c2ccccc21)B1OC(C)(C)C(C)(C)O1. The van der Waals surface area contributed by atoms with E-state index >= 15 is 0 Å². The van der Waals surface area contributed by atoms with Crippen molar-refractivity contribution in [1.82, 2.24) is 5.32 Å². The van der Waals surface area contributed by atoms with Gasteiger partial charge in [-0.1, -0.05) is 54.6 Å². The lowest BCUT2D eigenvalue weighted by molar-refractivity contribution is 0.00578. The van der Waals surface area contributed by atoms with E-state index in [9.17, 15) is 9.90 Å². The van der Waals surface area contributed by atoms with Crippen molar-refractivity contribution in [3.05, 3.63) is 88.9 Å². The number of methoxy groups -OCH3 is 1. The van der Waals surface area contributed by atoms with Gasteiger partial charge in [0.15, 0.2) is 0 Å². The van der Waals surface area contributed by atoms with Crippen molar-refractivity contribution in [2.45, 2.75) is 44.8 Å². The Hall–Kier alpha value is -3.75. The fourth-order valence-electron chi connectivity index (χ4n) is 5.04. The van der Waals surface area contributed by atoms with Crippen LogP contribution in [0.2, 0.25) is 0 Å². The number of alkyl carbamates (subject to hydrolysis) is 1. The van der Waals surface area contributed by atoms with Crippen LogP contribution >= 0.6 is 0 Å². The summed E-state index contributed by atoms with van der Waals surface area (Å²) in [5.41, 5.74) is 4.96. The van der Waals surface area contributed by atoms with Crippen molar-refractivity contribution < 1.29 is 28.7 Å². The number of phenols is 1. The van der Waals surface area contributed by atoms with E-state index in [2.05, 4.69) is 29.6 Å². The highest BCUT2D eigenvalue weighted by Crippen LogP contribution is 2.44. The van der Waals surface area contributed by atoms with Crippen LogP contribution in [0.15, 0.2) is 72.2 Å². The van der Waals surface area contributed by atoms with E-state index < -0.39 is 24.4 Å². The summed E-state index contributed by atoms with van der Waals surface area (Å²) in [4.78, 5) is 12.9. The van der Waals surface area contributed by atoms with Gasteiger partial charge in [0.2, 0.25) is 0 Å². The summed E-state index contributed by atoms with van der Waals surface area (Å²) < 4.78 is 23.7. The quantitative estimate of drug-likeness (QED) is 0.369. The number of phenolic OH excluding ortho intramolecular Hbond substituents is 1. The number of ether oxygens (including phenoxy) is 2. The molecule has 0 spiro atoms. The lowest BCUT2D eigenvalue weighted by Crippen LogP contribution is -2.41. The predicted molar refractivity (Wildman–Crippen MR) is 152 cm³/mol. The number of benzene rings is 3. The molecule has 1 fully saturated rings. The minimum atomic E-state index is -0.692. The fourth-order valence-corrected chi connectivity index (χ4v) is 5.04. The second kappa shape index (κ2) is 10.4. The molecule has 7 nitrogen and oxygen atoms in total. The van der Waals surface area contributed by atoms with Gasteiger partial charge >= 0.3 is 13.2 Å². The molecule has 0 unspecified atom stereocenters. The van der Waals surface area contributed by atoms with Gasteiger partial charge < -0.3 is 29.2 Å². The topological polar surface area (TPSA) is 86.3 Å². The normalized spacial score (nSPS) is 17.5. The Morgan fingerprint density at radius 3 is 2.15 bits per heavy atom. The van der Waals surface area contributed by atoms with Crippen LogP contribution in [-0.2, 0) is 14.0 Å². The molecular weight excluding hydrogens is 493 g/mol. The summed E-state index contributed by atoms with van der Waals surface area (Å²) in [6, 6.07) is 21.3. The molecule has 0 bridgehead atoms. The van der Waals surface area contributed by atoms with Crippen molar-refractivity contribution in [2.75, 3.05) is 20.3 Å². The van der Waals surface area contributed by atoms with Gasteiger partial charge in [-0.25, -0.2) is 4.79 Å². The number of hydrogen-bond donors (Lipinski definition) is 2. The molecule has 3 aromatic carbocycles. The smallest absolute Gasteiger partial charge is 0.492 e. The minimum Gasteiger partial charge on any atom is -0.508 e. The third kappa shape index (κ3) is 5.27. The highest BCUT2D eigenvalue weighted by Gasteiger charge is 2.52. The molecular formula is C31H34BNO6. The third-order valence-corrected chi connectivity index (χ3v) is 7.89. The van der Waals surface area contributed by atoms with Gasteiger partial charge in [0.1, 0.15) is 18.1 Å². The van der Waals surface area contributed by atoms with Crippen LogP contribution in [0.4, 0.5) is 4.79 Å². The highest BCUT2D eigenvalue weighted by atomic mass is 16.7. The van der Waals surface area contributed by atoms with Crippen molar-refractivity contribution >= 4 is 19.3 Å².